The van der Waals surface area contributed by atoms with Gasteiger partial charge in [-0.15, -0.1) is 0 Å². The number of aryl methyl sites for hydroxylation is 2. The minimum absolute atomic E-state index is 0.0468. The van der Waals surface area contributed by atoms with Gasteiger partial charge in [0, 0.05) is 18.2 Å². The third-order valence-electron chi connectivity index (χ3n) is 4.51. The number of thioether (sulfide) groups is 1. The van der Waals surface area contributed by atoms with Crippen LogP contribution in [0.2, 0.25) is 0 Å². The maximum atomic E-state index is 12.9. The van der Waals surface area contributed by atoms with Gasteiger partial charge in [0.15, 0.2) is 5.17 Å². The third kappa shape index (κ3) is 4.07. The molecule has 2 aromatic rings. The van der Waals surface area contributed by atoms with Crippen molar-refractivity contribution in [3.63, 3.8) is 0 Å². The van der Waals surface area contributed by atoms with Crippen LogP contribution in [0.5, 0.6) is 11.5 Å². The van der Waals surface area contributed by atoms with Crippen molar-refractivity contribution in [2.75, 3.05) is 20.8 Å². The summed E-state index contributed by atoms with van der Waals surface area (Å²) in [5, 5.41) is 0.694. The van der Waals surface area contributed by atoms with E-state index in [9.17, 15) is 4.79 Å². The summed E-state index contributed by atoms with van der Waals surface area (Å²) >= 11 is 1.39. The van der Waals surface area contributed by atoms with E-state index in [0.717, 1.165) is 22.4 Å². The summed E-state index contributed by atoms with van der Waals surface area (Å²) in [7, 11) is 3.21. The Hall–Kier alpha value is -2.73. The molecule has 146 valence electrons. The molecule has 1 saturated heterocycles. The molecule has 0 atom stereocenters. The van der Waals surface area contributed by atoms with E-state index in [1.807, 2.05) is 51.1 Å². The summed E-state index contributed by atoms with van der Waals surface area (Å²) in [6, 6.07) is 11.7. The number of methoxy groups -OCH3 is 2. The predicted octanol–water partition coefficient (Wildman–Crippen LogP) is 4.94. The molecular weight excluding hydrogens is 372 g/mol. The Kier molecular flexibility index (Phi) is 6.09. The van der Waals surface area contributed by atoms with Gasteiger partial charge in [0.2, 0.25) is 0 Å². The van der Waals surface area contributed by atoms with Gasteiger partial charge in [-0.1, -0.05) is 12.1 Å². The van der Waals surface area contributed by atoms with Gasteiger partial charge in [-0.2, -0.15) is 0 Å². The average molecular weight is 397 g/mol. The highest BCUT2D eigenvalue weighted by molar-refractivity contribution is 8.18. The van der Waals surface area contributed by atoms with Gasteiger partial charge >= 0.3 is 0 Å². The van der Waals surface area contributed by atoms with E-state index in [4.69, 9.17) is 14.5 Å². The lowest BCUT2D eigenvalue weighted by Crippen LogP contribution is -2.28. The number of rotatable bonds is 5. The molecule has 2 aromatic carbocycles. The molecule has 1 amide bonds. The lowest BCUT2D eigenvalue weighted by molar-refractivity contribution is -0.122. The molecule has 0 unspecified atom stereocenters. The molecule has 0 aliphatic carbocycles. The Labute approximate surface area is 170 Å². The Morgan fingerprint density at radius 2 is 1.89 bits per heavy atom. The van der Waals surface area contributed by atoms with Crippen LogP contribution in [0.25, 0.3) is 6.08 Å². The molecule has 5 nitrogen and oxygen atoms in total. The van der Waals surface area contributed by atoms with E-state index < -0.39 is 0 Å². The van der Waals surface area contributed by atoms with Crippen LogP contribution >= 0.6 is 11.8 Å². The number of carbonyl (C=O) groups is 1. The van der Waals surface area contributed by atoms with Crippen molar-refractivity contribution in [2.24, 2.45) is 4.99 Å². The molecule has 0 N–H and O–H groups in total. The number of amidine groups is 1. The standard InChI is InChI=1S/C22H24N2O3S/c1-6-24-21(25)20(12-16-9-10-17(26-4)13-19(16)27-5)28-22(24)23-18-11-14(2)7-8-15(18)3/h7-13H,6H2,1-5H3/b20-12+,23-22?. The van der Waals surface area contributed by atoms with Crippen molar-refractivity contribution in [3.8, 4) is 11.5 Å². The zero-order chi connectivity index (χ0) is 20.3. The number of hydrogen-bond donors (Lipinski definition) is 0. The van der Waals surface area contributed by atoms with Crippen LogP contribution in [-0.4, -0.2) is 36.7 Å². The Morgan fingerprint density at radius 1 is 1.11 bits per heavy atom. The Morgan fingerprint density at radius 3 is 2.57 bits per heavy atom. The first-order valence-corrected chi connectivity index (χ1v) is 9.87. The van der Waals surface area contributed by atoms with Crippen molar-refractivity contribution >= 4 is 34.6 Å². The van der Waals surface area contributed by atoms with Gasteiger partial charge in [0.05, 0.1) is 24.8 Å². The number of amides is 1. The van der Waals surface area contributed by atoms with Crippen LogP contribution < -0.4 is 9.47 Å². The Balaban J connectivity index is 1.99. The first-order chi connectivity index (χ1) is 13.5. The van der Waals surface area contributed by atoms with E-state index >= 15 is 0 Å². The minimum Gasteiger partial charge on any atom is -0.497 e. The molecule has 1 fully saturated rings. The van der Waals surface area contributed by atoms with Gasteiger partial charge < -0.3 is 9.47 Å². The molecule has 0 aromatic heterocycles. The fourth-order valence-corrected chi connectivity index (χ4v) is 3.94. The molecule has 0 saturated carbocycles. The van der Waals surface area contributed by atoms with Gasteiger partial charge in [0.25, 0.3) is 5.91 Å². The number of carbonyl (C=O) groups excluding carboxylic acids is 1. The van der Waals surface area contributed by atoms with Crippen LogP contribution in [0, 0.1) is 13.8 Å². The van der Waals surface area contributed by atoms with E-state index in [1.54, 1.807) is 25.2 Å². The average Bonchev–Trinajstić information content (AvgIpc) is 2.99. The van der Waals surface area contributed by atoms with Crippen LogP contribution in [0.3, 0.4) is 0 Å². The maximum Gasteiger partial charge on any atom is 0.266 e. The first-order valence-electron chi connectivity index (χ1n) is 9.06. The van der Waals surface area contributed by atoms with Crippen LogP contribution in [0.15, 0.2) is 46.3 Å². The van der Waals surface area contributed by atoms with E-state index in [-0.39, 0.29) is 5.91 Å². The highest BCUT2D eigenvalue weighted by atomic mass is 32.2. The van der Waals surface area contributed by atoms with Crippen molar-refractivity contribution in [2.45, 2.75) is 20.8 Å². The lowest BCUT2D eigenvalue weighted by atomic mass is 10.1. The molecule has 1 heterocycles. The van der Waals surface area contributed by atoms with Gasteiger partial charge in [0.1, 0.15) is 11.5 Å². The monoisotopic (exact) mass is 396 g/mol. The summed E-state index contributed by atoms with van der Waals surface area (Å²) in [6.07, 6.45) is 1.85. The summed E-state index contributed by atoms with van der Waals surface area (Å²) in [5.74, 6) is 1.31. The summed E-state index contributed by atoms with van der Waals surface area (Å²) in [4.78, 5) is 20.0. The molecule has 28 heavy (non-hydrogen) atoms. The number of benzene rings is 2. The summed E-state index contributed by atoms with van der Waals surface area (Å²) < 4.78 is 10.7. The Bertz CT molecular complexity index is 966. The topological polar surface area (TPSA) is 51.1 Å². The minimum atomic E-state index is -0.0468. The molecular formula is C22H24N2O3S. The van der Waals surface area contributed by atoms with E-state index in [2.05, 4.69) is 6.07 Å². The molecule has 0 spiro atoms. The van der Waals surface area contributed by atoms with E-state index in [0.29, 0.717) is 28.1 Å². The van der Waals surface area contributed by atoms with Crippen molar-refractivity contribution in [3.05, 3.63) is 58.0 Å². The maximum absolute atomic E-state index is 12.9. The second-order valence-electron chi connectivity index (χ2n) is 6.45. The van der Waals surface area contributed by atoms with Gasteiger partial charge in [-0.25, -0.2) is 4.99 Å². The number of aliphatic imine (C=N–C) groups is 1. The second-order valence-corrected chi connectivity index (χ2v) is 7.46. The number of nitrogens with zero attached hydrogens (tertiary/aromatic N) is 2. The van der Waals surface area contributed by atoms with E-state index in [1.165, 1.54) is 11.8 Å². The molecule has 0 radical (unpaired) electrons. The zero-order valence-electron chi connectivity index (χ0n) is 16.8. The van der Waals surface area contributed by atoms with Gasteiger partial charge in [-0.3, -0.25) is 9.69 Å². The number of likely N-dealkylation sites (N-methyl/N-ethyl adjacent to an activating group) is 1. The lowest BCUT2D eigenvalue weighted by Gasteiger charge is -2.13. The van der Waals surface area contributed by atoms with Crippen LogP contribution in [0.1, 0.15) is 23.6 Å². The van der Waals surface area contributed by atoms with Gasteiger partial charge in [-0.05, 0) is 67.9 Å². The summed E-state index contributed by atoms with van der Waals surface area (Å²) in [5.41, 5.74) is 3.93. The fraction of sp³-hybridized carbons (Fsp3) is 0.273. The largest absolute Gasteiger partial charge is 0.497 e. The molecule has 6 heteroatoms. The molecule has 3 rings (SSSR count). The second kappa shape index (κ2) is 8.52. The predicted molar refractivity (Wildman–Crippen MR) is 116 cm³/mol. The molecule has 0 bridgehead atoms. The third-order valence-corrected chi connectivity index (χ3v) is 5.52. The molecule has 1 aliphatic rings. The normalized spacial score (nSPS) is 16.9. The smallest absolute Gasteiger partial charge is 0.266 e. The number of ether oxygens (including phenoxy) is 2. The van der Waals surface area contributed by atoms with Crippen molar-refractivity contribution < 1.29 is 14.3 Å². The van der Waals surface area contributed by atoms with Crippen LogP contribution in [-0.2, 0) is 4.79 Å². The first kappa shape index (κ1) is 20.0. The highest BCUT2D eigenvalue weighted by Crippen LogP contribution is 2.36. The van der Waals surface area contributed by atoms with Crippen LogP contribution in [0.4, 0.5) is 5.69 Å². The quantitative estimate of drug-likeness (QED) is 0.672. The zero-order valence-corrected chi connectivity index (χ0v) is 17.6. The highest BCUT2D eigenvalue weighted by Gasteiger charge is 2.32. The fourth-order valence-electron chi connectivity index (χ4n) is 2.89. The van der Waals surface area contributed by atoms with Crippen molar-refractivity contribution in [1.29, 1.82) is 0 Å². The number of hydrogen-bond acceptors (Lipinski definition) is 5. The summed E-state index contributed by atoms with van der Waals surface area (Å²) in [6.45, 7) is 6.57. The van der Waals surface area contributed by atoms with Crippen molar-refractivity contribution in [1.82, 2.24) is 4.90 Å². The SMILES string of the molecule is CCN1C(=O)/C(=C\c2ccc(OC)cc2OC)SC1=Nc1cc(C)ccc1C. The molecule has 1 aliphatic heterocycles.